The van der Waals surface area contributed by atoms with E-state index in [-0.39, 0.29) is 12.0 Å². The van der Waals surface area contributed by atoms with Gasteiger partial charge in [-0.3, -0.25) is 4.79 Å². The van der Waals surface area contributed by atoms with Crippen molar-refractivity contribution < 1.29 is 9.53 Å². The predicted octanol–water partition coefficient (Wildman–Crippen LogP) is 0.387. The molecule has 1 aromatic heterocycles. The molecule has 0 saturated carbocycles. The molecule has 1 amide bonds. The maximum absolute atomic E-state index is 11.7. The fourth-order valence-corrected chi connectivity index (χ4v) is 1.43. The second-order valence-electron chi connectivity index (χ2n) is 4.31. The smallest absolute Gasteiger partial charge is 0.271 e. The van der Waals surface area contributed by atoms with Gasteiger partial charge in [-0.1, -0.05) is 0 Å². The molecule has 1 heterocycles. The quantitative estimate of drug-likeness (QED) is 0.657. The van der Waals surface area contributed by atoms with Gasteiger partial charge in [0.15, 0.2) is 0 Å². The largest absolute Gasteiger partial charge is 0.379 e. The van der Waals surface area contributed by atoms with Crippen molar-refractivity contribution in [2.45, 2.75) is 32.9 Å². The number of hydrogen-bond donors (Lipinski definition) is 2. The Labute approximate surface area is 108 Å². The van der Waals surface area contributed by atoms with E-state index in [0.29, 0.717) is 31.9 Å². The molecule has 0 spiro atoms. The number of nitrogens with one attached hydrogen (secondary N) is 1. The first-order valence-corrected chi connectivity index (χ1v) is 6.25. The number of aromatic nitrogens is 2. The number of nitrogens with two attached hydrogens (primary N) is 1. The van der Waals surface area contributed by atoms with Gasteiger partial charge in [-0.05, 0) is 20.3 Å². The molecule has 0 atom stereocenters. The van der Waals surface area contributed by atoms with Gasteiger partial charge in [-0.15, -0.1) is 0 Å². The maximum atomic E-state index is 11.7. The lowest BCUT2D eigenvalue weighted by Gasteiger charge is -2.07. The topological polar surface area (TPSA) is 82.2 Å². The SMILES string of the molecule is CC(C)OCCCNC(=O)c1cn(CCN)cn1. The zero-order chi connectivity index (χ0) is 13.4. The molecule has 0 aliphatic carbocycles. The lowest BCUT2D eigenvalue weighted by atomic mass is 10.4. The highest BCUT2D eigenvalue weighted by molar-refractivity contribution is 5.91. The fraction of sp³-hybridized carbons (Fsp3) is 0.667. The van der Waals surface area contributed by atoms with Crippen LogP contribution in [0.5, 0.6) is 0 Å². The minimum atomic E-state index is -0.157. The molecule has 102 valence electrons. The van der Waals surface area contributed by atoms with E-state index in [0.717, 1.165) is 6.42 Å². The highest BCUT2D eigenvalue weighted by Crippen LogP contribution is 1.96. The van der Waals surface area contributed by atoms with Gasteiger partial charge >= 0.3 is 0 Å². The van der Waals surface area contributed by atoms with Gasteiger partial charge in [0.25, 0.3) is 5.91 Å². The molecule has 0 bridgehead atoms. The molecule has 18 heavy (non-hydrogen) atoms. The summed E-state index contributed by atoms with van der Waals surface area (Å²) in [6.07, 6.45) is 4.34. The number of rotatable bonds is 8. The third-order valence-electron chi connectivity index (χ3n) is 2.31. The molecule has 0 aliphatic heterocycles. The average Bonchev–Trinajstić information content (AvgIpc) is 2.77. The number of imidazole rings is 1. The van der Waals surface area contributed by atoms with Gasteiger partial charge in [-0.25, -0.2) is 4.98 Å². The van der Waals surface area contributed by atoms with E-state index < -0.39 is 0 Å². The van der Waals surface area contributed by atoms with E-state index in [1.165, 1.54) is 0 Å². The van der Waals surface area contributed by atoms with Crippen molar-refractivity contribution in [1.29, 1.82) is 0 Å². The molecular formula is C12H22N4O2. The Hall–Kier alpha value is -1.40. The summed E-state index contributed by atoms with van der Waals surface area (Å²) < 4.78 is 7.18. The standard InChI is InChI=1S/C12H22N4O2/c1-10(2)18-7-3-5-14-12(17)11-8-16(6-4-13)9-15-11/h8-10H,3-7,13H2,1-2H3,(H,14,17). The Morgan fingerprint density at radius 2 is 2.39 bits per heavy atom. The van der Waals surface area contributed by atoms with Gasteiger partial charge in [0.2, 0.25) is 0 Å². The summed E-state index contributed by atoms with van der Waals surface area (Å²) in [5.41, 5.74) is 5.85. The van der Waals surface area contributed by atoms with Crippen molar-refractivity contribution in [3.05, 3.63) is 18.2 Å². The minimum Gasteiger partial charge on any atom is -0.379 e. The van der Waals surface area contributed by atoms with Crippen LogP contribution in [0.3, 0.4) is 0 Å². The summed E-state index contributed by atoms with van der Waals surface area (Å²) in [4.78, 5) is 15.7. The third-order valence-corrected chi connectivity index (χ3v) is 2.31. The lowest BCUT2D eigenvalue weighted by molar-refractivity contribution is 0.0756. The highest BCUT2D eigenvalue weighted by Gasteiger charge is 2.08. The normalized spacial score (nSPS) is 10.9. The summed E-state index contributed by atoms with van der Waals surface area (Å²) in [7, 11) is 0. The zero-order valence-corrected chi connectivity index (χ0v) is 11.1. The van der Waals surface area contributed by atoms with Gasteiger partial charge < -0.3 is 20.4 Å². The summed E-state index contributed by atoms with van der Waals surface area (Å²) in [5.74, 6) is -0.157. The first-order chi connectivity index (χ1) is 8.63. The van der Waals surface area contributed by atoms with E-state index >= 15 is 0 Å². The molecule has 6 nitrogen and oxygen atoms in total. The van der Waals surface area contributed by atoms with E-state index in [1.807, 2.05) is 13.8 Å². The Morgan fingerprint density at radius 3 is 3.06 bits per heavy atom. The van der Waals surface area contributed by atoms with Gasteiger partial charge in [-0.2, -0.15) is 0 Å². The Morgan fingerprint density at radius 1 is 1.61 bits per heavy atom. The Bertz CT molecular complexity index is 363. The van der Waals surface area contributed by atoms with Crippen LogP contribution < -0.4 is 11.1 Å². The summed E-state index contributed by atoms with van der Waals surface area (Å²) >= 11 is 0. The second-order valence-corrected chi connectivity index (χ2v) is 4.31. The second kappa shape index (κ2) is 7.84. The molecule has 1 aromatic rings. The minimum absolute atomic E-state index is 0.157. The molecule has 6 heteroatoms. The molecule has 0 radical (unpaired) electrons. The molecule has 3 N–H and O–H groups in total. The van der Waals surface area contributed by atoms with Crippen molar-refractivity contribution in [2.24, 2.45) is 5.73 Å². The number of ether oxygens (including phenoxy) is 1. The molecule has 0 aromatic carbocycles. The maximum Gasteiger partial charge on any atom is 0.271 e. The molecule has 0 saturated heterocycles. The Kier molecular flexibility index (Phi) is 6.38. The first kappa shape index (κ1) is 14.7. The first-order valence-electron chi connectivity index (χ1n) is 6.25. The van der Waals surface area contributed by atoms with E-state index in [2.05, 4.69) is 10.3 Å². The van der Waals surface area contributed by atoms with Crippen LogP contribution in [0.2, 0.25) is 0 Å². The summed E-state index contributed by atoms with van der Waals surface area (Å²) in [6, 6.07) is 0. The monoisotopic (exact) mass is 254 g/mol. The van der Waals surface area contributed by atoms with Crippen molar-refractivity contribution in [3.63, 3.8) is 0 Å². The third kappa shape index (κ3) is 5.29. The van der Waals surface area contributed by atoms with Gasteiger partial charge in [0.05, 0.1) is 12.4 Å². The van der Waals surface area contributed by atoms with Crippen LogP contribution in [0, 0.1) is 0 Å². The van der Waals surface area contributed by atoms with Gasteiger partial charge in [0.1, 0.15) is 5.69 Å². The fourth-order valence-electron chi connectivity index (χ4n) is 1.43. The lowest BCUT2D eigenvalue weighted by Crippen LogP contribution is -2.25. The summed E-state index contributed by atoms with van der Waals surface area (Å²) in [5, 5.41) is 2.80. The van der Waals surface area contributed by atoms with Gasteiger partial charge in [0, 0.05) is 32.4 Å². The van der Waals surface area contributed by atoms with Crippen molar-refractivity contribution in [3.8, 4) is 0 Å². The van der Waals surface area contributed by atoms with Crippen LogP contribution in [0.25, 0.3) is 0 Å². The van der Waals surface area contributed by atoms with Crippen molar-refractivity contribution in [2.75, 3.05) is 19.7 Å². The van der Waals surface area contributed by atoms with Crippen LogP contribution in [0.1, 0.15) is 30.8 Å². The molecule has 0 aliphatic rings. The van der Waals surface area contributed by atoms with E-state index in [1.54, 1.807) is 17.1 Å². The van der Waals surface area contributed by atoms with Crippen molar-refractivity contribution in [1.82, 2.24) is 14.9 Å². The molecule has 0 fully saturated rings. The Balaban J connectivity index is 2.23. The molecule has 1 rings (SSSR count). The van der Waals surface area contributed by atoms with Crippen LogP contribution in [-0.2, 0) is 11.3 Å². The number of amides is 1. The van der Waals surface area contributed by atoms with Crippen LogP contribution in [-0.4, -0.2) is 41.3 Å². The van der Waals surface area contributed by atoms with Crippen molar-refractivity contribution >= 4 is 5.91 Å². The molecular weight excluding hydrogens is 232 g/mol. The number of carbonyl (C=O) groups excluding carboxylic acids is 1. The van der Waals surface area contributed by atoms with Crippen LogP contribution >= 0.6 is 0 Å². The number of carbonyl (C=O) groups is 1. The average molecular weight is 254 g/mol. The van der Waals surface area contributed by atoms with Crippen LogP contribution in [0.4, 0.5) is 0 Å². The number of nitrogens with zero attached hydrogens (tertiary/aromatic N) is 2. The summed E-state index contributed by atoms with van der Waals surface area (Å²) in [6.45, 7) is 6.42. The predicted molar refractivity (Wildman–Crippen MR) is 69.3 cm³/mol. The van der Waals surface area contributed by atoms with Crippen LogP contribution in [0.15, 0.2) is 12.5 Å². The van der Waals surface area contributed by atoms with E-state index in [4.69, 9.17) is 10.5 Å². The zero-order valence-electron chi connectivity index (χ0n) is 11.1. The molecule has 0 unspecified atom stereocenters. The van der Waals surface area contributed by atoms with E-state index in [9.17, 15) is 4.79 Å². The highest BCUT2D eigenvalue weighted by atomic mass is 16.5. The number of hydrogen-bond acceptors (Lipinski definition) is 4.